The maximum Gasteiger partial charge on any atom is 4.00 e. The first-order valence-corrected chi connectivity index (χ1v) is 9.75. The van der Waals surface area contributed by atoms with E-state index in [1.807, 2.05) is 0 Å². The Morgan fingerprint density at radius 2 is 1.67 bits per heavy atom. The molecule has 0 aliphatic heterocycles. The molecule has 0 atom stereocenters. The molecule has 30 heavy (non-hydrogen) atoms. The van der Waals surface area contributed by atoms with Crippen LogP contribution in [0.25, 0.3) is 27.4 Å². The number of aromatic nitrogens is 1. The van der Waals surface area contributed by atoms with Crippen molar-refractivity contribution in [2.45, 2.75) is 33.1 Å². The number of aryl methyl sites for hydroxylation is 1. The monoisotopic (exact) mass is 479 g/mol. The molecule has 1 aliphatic carbocycles. The molecule has 0 saturated heterocycles. The summed E-state index contributed by atoms with van der Waals surface area (Å²) in [5.74, 6) is 0. The molecule has 152 valence electrons. The van der Waals surface area contributed by atoms with E-state index >= 15 is 0 Å². The minimum Gasteiger partial charge on any atom is -1.00 e. The number of halogens is 2. The second kappa shape index (κ2) is 11.9. The molecule has 0 amide bonds. The van der Waals surface area contributed by atoms with Crippen molar-refractivity contribution in [2.24, 2.45) is 0 Å². The zero-order chi connectivity index (χ0) is 18.6. The van der Waals surface area contributed by atoms with Crippen LogP contribution in [0.3, 0.4) is 0 Å². The quantitative estimate of drug-likeness (QED) is 0.390. The van der Waals surface area contributed by atoms with Gasteiger partial charge in [0, 0.05) is 11.1 Å². The van der Waals surface area contributed by atoms with Gasteiger partial charge >= 0.3 is 26.2 Å². The second-order valence-electron chi connectivity index (χ2n) is 7.08. The third kappa shape index (κ3) is 5.49. The topological polar surface area (TPSA) is 4.93 Å². The Kier molecular flexibility index (Phi) is 10.2. The van der Waals surface area contributed by atoms with Gasteiger partial charge in [0.1, 0.15) is 0 Å². The van der Waals surface area contributed by atoms with E-state index in [4.69, 9.17) is 0 Å². The van der Waals surface area contributed by atoms with Gasteiger partial charge in [0.15, 0.2) is 0 Å². The molecule has 1 heterocycles. The molecule has 0 saturated carbocycles. The SMILES string of the molecule is CCCC1=[C-]CC=C1.Cc1cc2ccccc2n1-c1cc2ccccc2[cH-]1.[F-].[F-].[Zr+4]. The van der Waals surface area contributed by atoms with Crippen LogP contribution >= 0.6 is 0 Å². The molecule has 0 radical (unpaired) electrons. The van der Waals surface area contributed by atoms with E-state index < -0.39 is 0 Å². The Bertz CT molecular complexity index is 1100. The number of allylic oxidation sites excluding steroid dienone is 4. The standard InChI is InChI=1S/C18H14N.C8H11.2FH.Zr/c1-13-10-16-8-4-5-9-18(16)19(13)17-11-14-6-2-3-7-15(14)12-17;1-2-5-8-6-3-4-7-8;;;/h2-12H,1H3;3,6H,2,4-5H2,1H3;2*1H;/q2*-1;;;+4/p-2. The van der Waals surface area contributed by atoms with Crippen LogP contribution in [0.1, 0.15) is 31.9 Å². The van der Waals surface area contributed by atoms with Crippen molar-refractivity contribution in [3.63, 3.8) is 0 Å². The van der Waals surface area contributed by atoms with Crippen LogP contribution in [-0.2, 0) is 26.2 Å². The molecule has 0 bridgehead atoms. The molecular formula is C26H25F2NZr. The summed E-state index contributed by atoms with van der Waals surface area (Å²) in [5, 5.41) is 3.90. The van der Waals surface area contributed by atoms with E-state index in [2.05, 4.69) is 103 Å². The van der Waals surface area contributed by atoms with Crippen molar-refractivity contribution in [3.8, 4) is 5.69 Å². The van der Waals surface area contributed by atoms with Gasteiger partial charge in [0.25, 0.3) is 0 Å². The molecular weight excluding hydrogens is 456 g/mol. The van der Waals surface area contributed by atoms with Crippen LogP contribution in [0.4, 0.5) is 0 Å². The van der Waals surface area contributed by atoms with E-state index in [1.165, 1.54) is 51.5 Å². The molecule has 4 heteroatoms. The summed E-state index contributed by atoms with van der Waals surface area (Å²) in [4.78, 5) is 0. The molecule has 1 nitrogen and oxygen atoms in total. The zero-order valence-electron chi connectivity index (χ0n) is 17.3. The molecule has 0 unspecified atom stereocenters. The Balaban J connectivity index is 0.000000355. The van der Waals surface area contributed by atoms with Crippen molar-refractivity contribution in [3.05, 3.63) is 96.2 Å². The van der Waals surface area contributed by atoms with E-state index in [0.717, 1.165) is 6.42 Å². The van der Waals surface area contributed by atoms with Gasteiger partial charge in [0.05, 0.1) is 5.52 Å². The fraction of sp³-hybridized carbons (Fsp3) is 0.192. The van der Waals surface area contributed by atoms with Gasteiger partial charge in [-0.25, -0.2) is 11.6 Å². The van der Waals surface area contributed by atoms with Crippen LogP contribution in [-0.4, -0.2) is 4.57 Å². The number of benzene rings is 2. The minimum absolute atomic E-state index is 0. The first kappa shape index (κ1) is 25.8. The molecule has 0 N–H and O–H groups in total. The Morgan fingerprint density at radius 1 is 0.967 bits per heavy atom. The number of nitrogens with zero attached hydrogens (tertiary/aromatic N) is 1. The average Bonchev–Trinajstić information content (AvgIpc) is 3.39. The average molecular weight is 481 g/mol. The van der Waals surface area contributed by atoms with Crippen LogP contribution in [0.2, 0.25) is 0 Å². The van der Waals surface area contributed by atoms with Gasteiger partial charge in [-0.3, -0.25) is 6.08 Å². The van der Waals surface area contributed by atoms with Gasteiger partial charge < -0.3 is 14.0 Å². The van der Waals surface area contributed by atoms with Crippen LogP contribution in [0.5, 0.6) is 0 Å². The molecule has 0 spiro atoms. The third-order valence-electron chi connectivity index (χ3n) is 5.04. The van der Waals surface area contributed by atoms with Gasteiger partial charge in [-0.05, 0) is 24.7 Å². The van der Waals surface area contributed by atoms with Gasteiger partial charge in [-0.15, -0.1) is 47.5 Å². The number of para-hydroxylation sites is 1. The largest absolute Gasteiger partial charge is 4.00 e. The maximum absolute atomic E-state index is 3.26. The minimum atomic E-state index is 0. The van der Waals surface area contributed by atoms with E-state index in [-0.39, 0.29) is 35.6 Å². The number of fused-ring (bicyclic) bond motifs is 2. The van der Waals surface area contributed by atoms with Crippen LogP contribution in [0, 0.1) is 13.0 Å². The molecule has 3 aromatic carbocycles. The van der Waals surface area contributed by atoms with Gasteiger partial charge in [-0.2, -0.15) is 6.08 Å². The summed E-state index contributed by atoms with van der Waals surface area (Å²) in [5.41, 5.74) is 5.19. The van der Waals surface area contributed by atoms with E-state index in [9.17, 15) is 0 Å². The van der Waals surface area contributed by atoms with Crippen molar-refractivity contribution in [1.29, 1.82) is 0 Å². The normalized spacial score (nSPS) is 11.7. The first-order chi connectivity index (χ1) is 13.3. The predicted octanol–water partition coefficient (Wildman–Crippen LogP) is 1.29. The van der Waals surface area contributed by atoms with Crippen LogP contribution in [0.15, 0.2) is 84.5 Å². The Morgan fingerprint density at radius 3 is 2.33 bits per heavy atom. The van der Waals surface area contributed by atoms with Crippen molar-refractivity contribution >= 4 is 21.7 Å². The first-order valence-electron chi connectivity index (χ1n) is 9.75. The fourth-order valence-electron chi connectivity index (χ4n) is 3.79. The Hall–Kier alpha value is -2.19. The summed E-state index contributed by atoms with van der Waals surface area (Å²) in [7, 11) is 0. The van der Waals surface area contributed by atoms with Crippen LogP contribution < -0.4 is 9.41 Å². The number of hydrogen-bond donors (Lipinski definition) is 0. The Labute approximate surface area is 196 Å². The molecule has 5 rings (SSSR count). The van der Waals surface area contributed by atoms with Crippen molar-refractivity contribution < 1.29 is 35.6 Å². The summed E-state index contributed by atoms with van der Waals surface area (Å²) >= 11 is 0. The second-order valence-corrected chi connectivity index (χ2v) is 7.08. The summed E-state index contributed by atoms with van der Waals surface area (Å²) in [6.07, 6.45) is 11.1. The van der Waals surface area contributed by atoms with Crippen molar-refractivity contribution in [1.82, 2.24) is 4.57 Å². The molecule has 1 aromatic heterocycles. The zero-order valence-corrected chi connectivity index (χ0v) is 19.8. The molecule has 1 aliphatic rings. The molecule has 0 fully saturated rings. The maximum atomic E-state index is 3.26. The summed E-state index contributed by atoms with van der Waals surface area (Å²) in [6.45, 7) is 4.36. The van der Waals surface area contributed by atoms with Gasteiger partial charge in [-0.1, -0.05) is 44.0 Å². The summed E-state index contributed by atoms with van der Waals surface area (Å²) in [6, 6.07) is 23.8. The third-order valence-corrected chi connectivity index (χ3v) is 5.04. The number of rotatable bonds is 3. The van der Waals surface area contributed by atoms with Gasteiger partial charge in [0.2, 0.25) is 0 Å². The predicted molar refractivity (Wildman–Crippen MR) is 117 cm³/mol. The number of hydrogen-bond acceptors (Lipinski definition) is 0. The smallest absolute Gasteiger partial charge is 1.00 e. The molecule has 4 aromatic rings. The summed E-state index contributed by atoms with van der Waals surface area (Å²) < 4.78 is 2.33. The fourth-order valence-corrected chi connectivity index (χ4v) is 3.79. The van der Waals surface area contributed by atoms with E-state index in [0.29, 0.717) is 0 Å². The van der Waals surface area contributed by atoms with Crippen molar-refractivity contribution in [2.75, 3.05) is 0 Å². The van der Waals surface area contributed by atoms with E-state index in [1.54, 1.807) is 0 Å².